The van der Waals surface area contributed by atoms with Crippen LogP contribution >= 0.6 is 27.7 Å². The van der Waals surface area contributed by atoms with Crippen molar-refractivity contribution in [3.05, 3.63) is 28.2 Å². The fraction of sp³-hybridized carbons (Fsp3) is 0.462. The summed E-state index contributed by atoms with van der Waals surface area (Å²) in [4.78, 5) is 1.93. The molecule has 1 fully saturated rings. The highest BCUT2D eigenvalue weighted by Gasteiger charge is 2.33. The second kappa shape index (κ2) is 6.37. The summed E-state index contributed by atoms with van der Waals surface area (Å²) < 4.78 is 25.2. The third-order valence-electron chi connectivity index (χ3n) is 3.31. The Hall–Kier alpha value is -0.710. The largest absolute Gasteiger partial charge is 0.353 e. The second-order valence-corrected chi connectivity index (χ2v) is 8.90. The predicted octanol–water partition coefficient (Wildman–Crippen LogP) is 2.63. The van der Waals surface area contributed by atoms with E-state index in [1.807, 2.05) is 17.0 Å². The van der Waals surface area contributed by atoms with Gasteiger partial charge in [-0.05, 0) is 34.1 Å². The number of benzene rings is 1. The number of thioether (sulfide) groups is 1. The molecule has 2 rings (SSSR count). The Morgan fingerprint density at radius 3 is 2.90 bits per heavy atom. The molecule has 1 heterocycles. The average molecular weight is 375 g/mol. The third kappa shape index (κ3) is 3.13. The zero-order valence-corrected chi connectivity index (χ0v) is 14.3. The molecule has 0 aromatic heterocycles. The lowest BCUT2D eigenvalue weighted by atomic mass is 10.2. The summed E-state index contributed by atoms with van der Waals surface area (Å²) in [6, 6.07) is 7.45. The van der Waals surface area contributed by atoms with Crippen molar-refractivity contribution in [1.82, 2.24) is 0 Å². The van der Waals surface area contributed by atoms with Crippen molar-refractivity contribution >= 4 is 43.2 Å². The van der Waals surface area contributed by atoms with E-state index in [2.05, 4.69) is 22.0 Å². The number of halogens is 1. The molecule has 1 aliphatic heterocycles. The minimum absolute atomic E-state index is 0.145. The molecule has 1 unspecified atom stereocenters. The van der Waals surface area contributed by atoms with Crippen LogP contribution in [0, 0.1) is 11.3 Å². The van der Waals surface area contributed by atoms with Gasteiger partial charge in [0.05, 0.1) is 5.56 Å². The van der Waals surface area contributed by atoms with E-state index in [-0.39, 0.29) is 5.75 Å². The van der Waals surface area contributed by atoms with Crippen LogP contribution < -0.4 is 4.90 Å². The molecule has 0 spiro atoms. The van der Waals surface area contributed by atoms with Crippen LogP contribution in [0.3, 0.4) is 0 Å². The van der Waals surface area contributed by atoms with Crippen molar-refractivity contribution in [2.75, 3.05) is 28.7 Å². The Balaban J connectivity index is 2.38. The van der Waals surface area contributed by atoms with Gasteiger partial charge in [0.15, 0.2) is 9.84 Å². The molecule has 1 aromatic carbocycles. The molecule has 4 nitrogen and oxygen atoms in total. The van der Waals surface area contributed by atoms with Gasteiger partial charge in [0.2, 0.25) is 0 Å². The summed E-state index contributed by atoms with van der Waals surface area (Å²) in [5.74, 6) is 1.65. The number of anilines is 1. The second-order valence-electron chi connectivity index (χ2n) is 4.45. The predicted molar refractivity (Wildman–Crippen MR) is 86.8 cm³/mol. The molecule has 0 saturated carbocycles. The first-order chi connectivity index (χ1) is 9.49. The minimum Gasteiger partial charge on any atom is -0.353 e. The fourth-order valence-electron chi connectivity index (χ4n) is 2.14. The van der Waals surface area contributed by atoms with Crippen LogP contribution in [0.4, 0.5) is 5.69 Å². The van der Waals surface area contributed by atoms with Crippen LogP contribution in [-0.4, -0.2) is 37.6 Å². The van der Waals surface area contributed by atoms with Gasteiger partial charge >= 0.3 is 0 Å². The van der Waals surface area contributed by atoms with Crippen LogP contribution in [0.5, 0.6) is 0 Å². The first-order valence-corrected chi connectivity index (χ1v) is 9.91. The van der Waals surface area contributed by atoms with Gasteiger partial charge in [-0.2, -0.15) is 17.0 Å². The van der Waals surface area contributed by atoms with Crippen LogP contribution in [-0.2, 0) is 9.84 Å². The van der Waals surface area contributed by atoms with Crippen molar-refractivity contribution in [3.8, 4) is 6.07 Å². The van der Waals surface area contributed by atoms with Gasteiger partial charge in [0, 0.05) is 34.0 Å². The highest BCUT2D eigenvalue weighted by Crippen LogP contribution is 2.30. The van der Waals surface area contributed by atoms with Crippen LogP contribution in [0.2, 0.25) is 0 Å². The number of hydrogen-bond donors (Lipinski definition) is 0. The Labute approximate surface area is 132 Å². The van der Waals surface area contributed by atoms with E-state index < -0.39 is 15.2 Å². The molecular formula is C13H15BrN2O2S2. The van der Waals surface area contributed by atoms with Gasteiger partial charge in [-0.1, -0.05) is 6.92 Å². The van der Waals surface area contributed by atoms with Crippen LogP contribution in [0.25, 0.3) is 0 Å². The Morgan fingerprint density at radius 2 is 2.30 bits per heavy atom. The number of nitriles is 1. The highest BCUT2D eigenvalue weighted by atomic mass is 79.9. The van der Waals surface area contributed by atoms with Crippen molar-refractivity contribution < 1.29 is 8.42 Å². The van der Waals surface area contributed by atoms with E-state index in [1.54, 1.807) is 24.8 Å². The lowest BCUT2D eigenvalue weighted by molar-refractivity contribution is 0.579. The Kier molecular flexibility index (Phi) is 4.99. The Morgan fingerprint density at radius 1 is 1.55 bits per heavy atom. The maximum Gasteiger partial charge on any atom is 0.171 e. The lowest BCUT2D eigenvalue weighted by Gasteiger charge is -2.36. The van der Waals surface area contributed by atoms with E-state index in [0.29, 0.717) is 22.3 Å². The molecule has 0 N–H and O–H groups in total. The molecule has 1 atom stereocenters. The van der Waals surface area contributed by atoms with Crippen molar-refractivity contribution in [2.24, 2.45) is 0 Å². The van der Waals surface area contributed by atoms with Gasteiger partial charge in [-0.25, -0.2) is 8.42 Å². The third-order valence-corrected chi connectivity index (χ3v) is 7.25. The first kappa shape index (κ1) is 15.7. The standard InChI is InChI=1S/C13H15BrN2O2S2/c1-2-20(17,18)13-9-19-6-5-16(13)11-4-3-10(8-15)12(14)7-11/h3-4,7,13H,2,5-6,9H2,1H3. The molecule has 0 bridgehead atoms. The smallest absolute Gasteiger partial charge is 0.171 e. The molecule has 20 heavy (non-hydrogen) atoms. The summed E-state index contributed by atoms with van der Waals surface area (Å²) >= 11 is 5.03. The van der Waals surface area contributed by atoms with Crippen LogP contribution in [0.15, 0.2) is 22.7 Å². The summed E-state index contributed by atoms with van der Waals surface area (Å²) in [5.41, 5.74) is 1.40. The number of hydrogen-bond acceptors (Lipinski definition) is 5. The molecule has 1 aromatic rings. The van der Waals surface area contributed by atoms with Gasteiger partial charge in [0.1, 0.15) is 11.4 Å². The minimum atomic E-state index is -3.12. The molecule has 0 aliphatic carbocycles. The van der Waals surface area contributed by atoms with Crippen molar-refractivity contribution in [1.29, 1.82) is 5.26 Å². The molecule has 0 radical (unpaired) electrons. The average Bonchev–Trinajstić information content (AvgIpc) is 2.47. The summed E-state index contributed by atoms with van der Waals surface area (Å²) in [5, 5.41) is 8.47. The maximum absolute atomic E-state index is 12.2. The number of nitrogens with zero attached hydrogens (tertiary/aromatic N) is 2. The molecule has 1 aliphatic rings. The molecule has 1 saturated heterocycles. The normalized spacial score (nSPS) is 19.6. The van der Waals surface area contributed by atoms with Gasteiger partial charge < -0.3 is 4.90 Å². The van der Waals surface area contributed by atoms with E-state index in [4.69, 9.17) is 5.26 Å². The van der Waals surface area contributed by atoms with Gasteiger partial charge in [-0.3, -0.25) is 0 Å². The number of sulfone groups is 1. The zero-order chi connectivity index (χ0) is 14.8. The molecule has 108 valence electrons. The van der Waals surface area contributed by atoms with Crippen molar-refractivity contribution in [3.63, 3.8) is 0 Å². The monoisotopic (exact) mass is 374 g/mol. The highest BCUT2D eigenvalue weighted by molar-refractivity contribution is 9.10. The maximum atomic E-state index is 12.2. The Bertz CT molecular complexity index is 640. The van der Waals surface area contributed by atoms with E-state index in [0.717, 1.165) is 11.4 Å². The summed E-state index contributed by atoms with van der Waals surface area (Å²) in [6.07, 6.45) is 0. The van der Waals surface area contributed by atoms with Crippen molar-refractivity contribution in [2.45, 2.75) is 12.3 Å². The fourth-order valence-corrected chi connectivity index (χ4v) is 5.59. The SMILES string of the molecule is CCS(=O)(=O)C1CSCCN1c1ccc(C#N)c(Br)c1. The quantitative estimate of drug-likeness (QED) is 0.813. The summed E-state index contributed by atoms with van der Waals surface area (Å²) in [6.45, 7) is 2.38. The van der Waals surface area contributed by atoms with E-state index >= 15 is 0 Å². The first-order valence-electron chi connectivity index (χ1n) is 6.25. The zero-order valence-electron chi connectivity index (χ0n) is 11.0. The van der Waals surface area contributed by atoms with Gasteiger partial charge in [-0.15, -0.1) is 0 Å². The molecule has 0 amide bonds. The van der Waals surface area contributed by atoms with E-state index in [9.17, 15) is 8.42 Å². The molecule has 7 heteroatoms. The van der Waals surface area contributed by atoms with Gasteiger partial charge in [0.25, 0.3) is 0 Å². The molecular weight excluding hydrogens is 360 g/mol. The number of rotatable bonds is 3. The van der Waals surface area contributed by atoms with E-state index in [1.165, 1.54) is 0 Å². The van der Waals surface area contributed by atoms with Crippen LogP contribution in [0.1, 0.15) is 12.5 Å². The summed E-state index contributed by atoms with van der Waals surface area (Å²) in [7, 11) is -3.12. The lowest BCUT2D eigenvalue weighted by Crippen LogP contribution is -2.48. The topological polar surface area (TPSA) is 61.2 Å².